The van der Waals surface area contributed by atoms with Crippen molar-refractivity contribution in [3.63, 3.8) is 0 Å². The first kappa shape index (κ1) is 72.1. The van der Waals surface area contributed by atoms with E-state index in [0.717, 1.165) is 109 Å². The second-order valence-corrected chi connectivity index (χ2v) is 23.8. The molecule has 0 aromatic heterocycles. The first-order chi connectivity index (χ1) is 35.4. The number of esters is 4. The Hall–Kier alpha value is -1.94. The predicted molar refractivity (Wildman–Crippen MR) is 289 cm³/mol. The van der Waals surface area contributed by atoms with E-state index in [1.165, 1.54) is 57.8 Å². The number of phosphoric acid groups is 2. The highest BCUT2D eigenvalue weighted by Gasteiger charge is 2.30. The Morgan fingerprint density at radius 3 is 0.919 bits per heavy atom. The van der Waals surface area contributed by atoms with Gasteiger partial charge in [-0.25, -0.2) is 9.13 Å². The molecule has 0 aliphatic carbocycles. The fourth-order valence-electron chi connectivity index (χ4n) is 7.94. The van der Waals surface area contributed by atoms with Gasteiger partial charge in [0, 0.05) is 25.7 Å². The highest BCUT2D eigenvalue weighted by molar-refractivity contribution is 7.47. The SMILES string of the molecule is CCCCCCCCCCCC(=O)O[C@H](COC(=O)CCCCCCCCC)COP(=O)(O)OC[C@H](O)COP(=O)(O)OC[C@@H](COC(=O)CCCCCCCCC(C)C)OC(=O)CCCCCCCCC(C)C. The van der Waals surface area contributed by atoms with Crippen molar-refractivity contribution in [2.75, 3.05) is 39.6 Å². The van der Waals surface area contributed by atoms with E-state index in [1.807, 2.05) is 0 Å². The zero-order valence-electron chi connectivity index (χ0n) is 47.1. The van der Waals surface area contributed by atoms with Gasteiger partial charge in [0.15, 0.2) is 12.2 Å². The molecule has 0 rings (SSSR count). The van der Waals surface area contributed by atoms with Crippen molar-refractivity contribution in [2.24, 2.45) is 11.8 Å². The molecule has 3 N–H and O–H groups in total. The molecule has 0 radical (unpaired) electrons. The number of phosphoric ester groups is 2. The number of carbonyl (C=O) groups is 4. The van der Waals surface area contributed by atoms with Gasteiger partial charge in [-0.2, -0.15) is 0 Å². The van der Waals surface area contributed by atoms with Crippen LogP contribution in [0.2, 0.25) is 0 Å². The Bertz CT molecular complexity index is 1480. The van der Waals surface area contributed by atoms with E-state index >= 15 is 0 Å². The number of aliphatic hydroxyl groups is 1. The summed E-state index contributed by atoms with van der Waals surface area (Å²) in [5.74, 6) is -0.810. The summed E-state index contributed by atoms with van der Waals surface area (Å²) in [5.41, 5.74) is 0. The Balaban J connectivity index is 5.21. The minimum atomic E-state index is -4.93. The molecule has 0 heterocycles. The van der Waals surface area contributed by atoms with Crippen LogP contribution >= 0.6 is 15.6 Å². The lowest BCUT2D eigenvalue weighted by atomic mass is 10.0. The number of aliphatic hydroxyl groups excluding tert-OH is 1. The van der Waals surface area contributed by atoms with Crippen LogP contribution in [0.15, 0.2) is 0 Å². The highest BCUT2D eigenvalue weighted by atomic mass is 31.2. The predicted octanol–water partition coefficient (Wildman–Crippen LogP) is 14.1. The lowest BCUT2D eigenvalue weighted by Crippen LogP contribution is -2.30. The molecular weight excluding hydrogens is 995 g/mol. The van der Waals surface area contributed by atoms with Crippen LogP contribution in [0.4, 0.5) is 0 Å². The van der Waals surface area contributed by atoms with Crippen LogP contribution in [0.3, 0.4) is 0 Å². The molecule has 74 heavy (non-hydrogen) atoms. The first-order valence-electron chi connectivity index (χ1n) is 29.0. The second kappa shape index (κ2) is 48.2. The summed E-state index contributed by atoms with van der Waals surface area (Å²) < 4.78 is 67.4. The number of ether oxygens (including phenoxy) is 4. The van der Waals surface area contributed by atoms with Gasteiger partial charge in [0.2, 0.25) is 0 Å². The van der Waals surface area contributed by atoms with Crippen LogP contribution in [0.5, 0.6) is 0 Å². The summed E-state index contributed by atoms with van der Waals surface area (Å²) in [4.78, 5) is 71.5. The van der Waals surface area contributed by atoms with Crippen molar-refractivity contribution >= 4 is 39.5 Å². The third kappa shape index (κ3) is 49.6. The maximum absolute atomic E-state index is 12.9. The van der Waals surface area contributed by atoms with Gasteiger partial charge in [-0.1, -0.05) is 208 Å². The molecule has 5 atom stereocenters. The number of unbranched alkanes of at least 4 members (excludes halogenated alkanes) is 24. The molecule has 0 aliphatic rings. The van der Waals surface area contributed by atoms with Crippen LogP contribution in [0.25, 0.3) is 0 Å². The largest absolute Gasteiger partial charge is 0.472 e. The molecule has 0 saturated heterocycles. The van der Waals surface area contributed by atoms with Gasteiger partial charge >= 0.3 is 39.5 Å². The molecule has 0 amide bonds. The zero-order valence-corrected chi connectivity index (χ0v) is 48.9. The average molecular weight is 1100 g/mol. The van der Waals surface area contributed by atoms with Crippen LogP contribution in [-0.2, 0) is 65.4 Å². The van der Waals surface area contributed by atoms with E-state index in [0.29, 0.717) is 37.5 Å². The van der Waals surface area contributed by atoms with Crippen molar-refractivity contribution in [1.82, 2.24) is 0 Å². The van der Waals surface area contributed by atoms with Gasteiger partial charge in [0.25, 0.3) is 0 Å². The summed E-state index contributed by atoms with van der Waals surface area (Å²) in [5, 5.41) is 10.5. The summed E-state index contributed by atoms with van der Waals surface area (Å²) in [6.45, 7) is 9.18. The Morgan fingerprint density at radius 2 is 0.622 bits per heavy atom. The normalized spacial score (nSPS) is 14.6. The third-order valence-corrected chi connectivity index (χ3v) is 14.4. The van der Waals surface area contributed by atoms with Crippen molar-refractivity contribution in [2.45, 2.75) is 278 Å². The third-order valence-electron chi connectivity index (χ3n) is 12.5. The lowest BCUT2D eigenvalue weighted by molar-refractivity contribution is -0.161. The number of carbonyl (C=O) groups excluding carboxylic acids is 4. The van der Waals surface area contributed by atoms with E-state index in [9.17, 15) is 43.2 Å². The lowest BCUT2D eigenvalue weighted by Gasteiger charge is -2.21. The molecule has 0 bridgehead atoms. The monoisotopic (exact) mass is 1100 g/mol. The van der Waals surface area contributed by atoms with Crippen LogP contribution in [0, 0.1) is 11.8 Å². The van der Waals surface area contributed by atoms with Gasteiger partial charge in [-0.3, -0.25) is 37.3 Å². The van der Waals surface area contributed by atoms with Crippen molar-refractivity contribution in [3.8, 4) is 0 Å². The minimum absolute atomic E-state index is 0.101. The van der Waals surface area contributed by atoms with Crippen LogP contribution < -0.4 is 0 Å². The Morgan fingerprint density at radius 1 is 0.365 bits per heavy atom. The van der Waals surface area contributed by atoms with Gasteiger partial charge in [-0.05, 0) is 37.5 Å². The summed E-state index contributed by atoms with van der Waals surface area (Å²) in [6, 6.07) is 0. The van der Waals surface area contributed by atoms with Crippen molar-refractivity contribution in [1.29, 1.82) is 0 Å². The van der Waals surface area contributed by atoms with Gasteiger partial charge < -0.3 is 33.8 Å². The molecule has 19 heteroatoms. The number of hydrogen-bond donors (Lipinski definition) is 3. The number of hydrogen-bond acceptors (Lipinski definition) is 15. The van der Waals surface area contributed by atoms with Gasteiger partial charge in [0.1, 0.15) is 19.3 Å². The second-order valence-electron chi connectivity index (χ2n) is 20.9. The quantitative estimate of drug-likeness (QED) is 0.0222. The van der Waals surface area contributed by atoms with E-state index in [-0.39, 0.29) is 25.7 Å². The maximum Gasteiger partial charge on any atom is 0.472 e. The smallest absolute Gasteiger partial charge is 0.462 e. The molecule has 2 unspecified atom stereocenters. The Labute approximate surface area is 447 Å². The molecule has 438 valence electrons. The summed E-state index contributed by atoms with van der Waals surface area (Å²) >= 11 is 0. The van der Waals surface area contributed by atoms with Crippen molar-refractivity contribution < 1.29 is 80.2 Å². The molecule has 0 fully saturated rings. The topological polar surface area (TPSA) is 237 Å². The van der Waals surface area contributed by atoms with E-state index in [4.69, 9.17) is 37.0 Å². The molecule has 0 aliphatic heterocycles. The molecule has 0 saturated carbocycles. The summed E-state index contributed by atoms with van der Waals surface area (Å²) in [6.07, 6.45) is 27.1. The molecule has 0 spiro atoms. The fraction of sp³-hybridized carbons (Fsp3) is 0.927. The number of rotatable bonds is 54. The maximum atomic E-state index is 12.9. The first-order valence-corrected chi connectivity index (χ1v) is 32.0. The standard InChI is InChI=1S/C55H106O17P2/c1-7-9-11-13-15-16-18-27-33-39-54(59)71-50(43-65-52(57)37-31-25-17-14-12-10-8-2)45-69-73(61,62)67-41-49(56)42-68-74(63,64)70-46-51(72-55(60)40-34-28-22-20-24-30-36-48(5)6)44-66-53(58)38-32-26-21-19-23-29-35-47(3)4/h47-51,56H,7-46H2,1-6H3,(H,61,62)(H,63,64)/t49-,50+,51+/m0/s1. The van der Waals surface area contributed by atoms with Crippen LogP contribution in [-0.4, -0.2) is 96.7 Å². The molecule has 0 aromatic carbocycles. The summed E-state index contributed by atoms with van der Waals surface area (Å²) in [7, 11) is -9.86. The van der Waals surface area contributed by atoms with E-state index < -0.39 is 97.5 Å². The average Bonchev–Trinajstić information content (AvgIpc) is 3.35. The van der Waals surface area contributed by atoms with E-state index in [1.54, 1.807) is 0 Å². The fourth-order valence-corrected chi connectivity index (χ4v) is 9.52. The van der Waals surface area contributed by atoms with Crippen LogP contribution in [0.1, 0.15) is 260 Å². The van der Waals surface area contributed by atoms with Gasteiger partial charge in [0.05, 0.1) is 26.4 Å². The zero-order chi connectivity index (χ0) is 55.1. The van der Waals surface area contributed by atoms with Crippen molar-refractivity contribution in [3.05, 3.63) is 0 Å². The van der Waals surface area contributed by atoms with E-state index in [2.05, 4.69) is 41.5 Å². The Kier molecular flexibility index (Phi) is 46.9. The molecular formula is C55H106O17P2. The minimum Gasteiger partial charge on any atom is -0.462 e. The molecule has 17 nitrogen and oxygen atoms in total. The molecule has 0 aromatic rings. The highest BCUT2D eigenvalue weighted by Crippen LogP contribution is 2.45. The van der Waals surface area contributed by atoms with Gasteiger partial charge in [-0.15, -0.1) is 0 Å².